The van der Waals surface area contributed by atoms with E-state index in [4.69, 9.17) is 4.74 Å². The molecular weight excluding hydrogens is 306 g/mol. The number of fused-ring (bicyclic) bond motifs is 5. The van der Waals surface area contributed by atoms with E-state index in [1.807, 2.05) is 42.6 Å². The van der Waals surface area contributed by atoms with E-state index in [2.05, 4.69) is 53.5 Å². The van der Waals surface area contributed by atoms with Crippen molar-refractivity contribution in [2.45, 2.75) is 0 Å². The summed E-state index contributed by atoms with van der Waals surface area (Å²) >= 11 is 0. The third-order valence-electron chi connectivity index (χ3n) is 4.56. The summed E-state index contributed by atoms with van der Waals surface area (Å²) in [6.45, 7) is 0. The van der Waals surface area contributed by atoms with Gasteiger partial charge >= 0.3 is 0 Å². The van der Waals surface area contributed by atoms with Gasteiger partial charge in [-0.15, -0.1) is 0 Å². The summed E-state index contributed by atoms with van der Waals surface area (Å²) in [6, 6.07) is 28.9. The van der Waals surface area contributed by atoms with Crippen LogP contribution in [0.15, 0.2) is 91.1 Å². The monoisotopic (exact) mass is 321 g/mol. The van der Waals surface area contributed by atoms with E-state index >= 15 is 0 Å². The Balaban J connectivity index is 1.77. The molecule has 2 heteroatoms. The molecule has 25 heavy (non-hydrogen) atoms. The molecule has 3 aromatic carbocycles. The number of hydrogen-bond donors (Lipinski definition) is 0. The lowest BCUT2D eigenvalue weighted by molar-refractivity contribution is 0.488. The lowest BCUT2D eigenvalue weighted by atomic mass is 9.94. The molecule has 4 aromatic rings. The second kappa shape index (κ2) is 5.60. The Hall–Kier alpha value is -3.39. The van der Waals surface area contributed by atoms with Gasteiger partial charge in [0.25, 0.3) is 0 Å². The molecule has 0 radical (unpaired) electrons. The van der Waals surface area contributed by atoms with Crippen molar-refractivity contribution in [1.82, 2.24) is 4.98 Å². The number of nitrogens with zero attached hydrogens (tertiary/aromatic N) is 1. The van der Waals surface area contributed by atoms with E-state index in [0.29, 0.717) is 0 Å². The molecule has 1 aliphatic rings. The summed E-state index contributed by atoms with van der Waals surface area (Å²) < 4.78 is 6.32. The van der Waals surface area contributed by atoms with Gasteiger partial charge in [-0.2, -0.15) is 0 Å². The van der Waals surface area contributed by atoms with Crippen molar-refractivity contribution >= 4 is 0 Å². The Labute approximate surface area is 146 Å². The molecule has 0 bridgehead atoms. The first-order valence-electron chi connectivity index (χ1n) is 8.32. The van der Waals surface area contributed by atoms with Crippen molar-refractivity contribution in [3.05, 3.63) is 91.1 Å². The van der Waals surface area contributed by atoms with E-state index in [9.17, 15) is 0 Å². The Morgan fingerprint density at radius 2 is 1.24 bits per heavy atom. The van der Waals surface area contributed by atoms with Crippen LogP contribution in [-0.4, -0.2) is 4.98 Å². The fourth-order valence-electron chi connectivity index (χ4n) is 3.37. The van der Waals surface area contributed by atoms with Crippen LogP contribution < -0.4 is 4.74 Å². The van der Waals surface area contributed by atoms with E-state index < -0.39 is 0 Å². The Morgan fingerprint density at radius 1 is 0.560 bits per heavy atom. The third-order valence-corrected chi connectivity index (χ3v) is 4.56. The first kappa shape index (κ1) is 14.0. The van der Waals surface area contributed by atoms with Crippen LogP contribution >= 0.6 is 0 Å². The van der Waals surface area contributed by atoms with Gasteiger partial charge in [0.15, 0.2) is 0 Å². The van der Waals surface area contributed by atoms with Gasteiger partial charge in [-0.05, 0) is 41.5 Å². The summed E-state index contributed by atoms with van der Waals surface area (Å²) in [6.07, 6.45) is 1.81. The molecule has 2 heterocycles. The predicted molar refractivity (Wildman–Crippen MR) is 101 cm³/mol. The first-order chi connectivity index (χ1) is 12.4. The van der Waals surface area contributed by atoms with Gasteiger partial charge in [0, 0.05) is 22.9 Å². The van der Waals surface area contributed by atoms with E-state index in [0.717, 1.165) is 33.9 Å². The van der Waals surface area contributed by atoms with Crippen LogP contribution in [0.3, 0.4) is 0 Å². The van der Waals surface area contributed by atoms with Gasteiger partial charge in [0.1, 0.15) is 11.5 Å². The van der Waals surface area contributed by atoms with Crippen molar-refractivity contribution < 1.29 is 4.74 Å². The van der Waals surface area contributed by atoms with Crippen LogP contribution in [0, 0.1) is 0 Å². The van der Waals surface area contributed by atoms with Crippen LogP contribution in [0.25, 0.3) is 33.5 Å². The lowest BCUT2D eigenvalue weighted by Crippen LogP contribution is -1.88. The van der Waals surface area contributed by atoms with Crippen LogP contribution in [0.5, 0.6) is 11.5 Å². The zero-order chi connectivity index (χ0) is 16.6. The molecule has 0 N–H and O–H groups in total. The van der Waals surface area contributed by atoms with Crippen LogP contribution in [-0.2, 0) is 0 Å². The second-order valence-electron chi connectivity index (χ2n) is 6.07. The second-order valence-corrected chi connectivity index (χ2v) is 6.07. The SMILES string of the molecule is c1ccc(-c2ccc3c(c2)Oc2ccccc2-c2ccccc2-3)nc1. The third kappa shape index (κ3) is 2.31. The topological polar surface area (TPSA) is 22.1 Å². The Kier molecular flexibility index (Phi) is 3.14. The van der Waals surface area contributed by atoms with Crippen molar-refractivity contribution in [2.75, 3.05) is 0 Å². The smallest absolute Gasteiger partial charge is 0.135 e. The largest absolute Gasteiger partial charge is 0.456 e. The number of hydrogen-bond acceptors (Lipinski definition) is 2. The minimum Gasteiger partial charge on any atom is -0.456 e. The molecule has 0 fully saturated rings. The van der Waals surface area contributed by atoms with Crippen LogP contribution in [0.1, 0.15) is 0 Å². The molecule has 1 aromatic heterocycles. The van der Waals surface area contributed by atoms with Gasteiger partial charge in [-0.25, -0.2) is 0 Å². The molecule has 0 atom stereocenters. The Morgan fingerprint density at radius 3 is 2.00 bits per heavy atom. The van der Waals surface area contributed by atoms with Crippen LogP contribution in [0.4, 0.5) is 0 Å². The van der Waals surface area contributed by atoms with E-state index in [-0.39, 0.29) is 0 Å². The highest BCUT2D eigenvalue weighted by molar-refractivity contribution is 5.91. The van der Waals surface area contributed by atoms with E-state index in [1.54, 1.807) is 0 Å². The number of pyridine rings is 1. The van der Waals surface area contributed by atoms with Crippen molar-refractivity contribution in [3.8, 4) is 45.0 Å². The van der Waals surface area contributed by atoms with Crippen molar-refractivity contribution in [3.63, 3.8) is 0 Å². The number of ether oxygens (including phenoxy) is 1. The van der Waals surface area contributed by atoms with Gasteiger partial charge in [0.05, 0.1) is 5.69 Å². The predicted octanol–water partition coefficient (Wildman–Crippen LogP) is 6.19. The molecule has 1 aliphatic heterocycles. The molecule has 0 unspecified atom stereocenters. The highest BCUT2D eigenvalue weighted by atomic mass is 16.5. The zero-order valence-electron chi connectivity index (χ0n) is 13.5. The summed E-state index contributed by atoms with van der Waals surface area (Å²) in [5, 5.41) is 0. The number of benzene rings is 3. The maximum absolute atomic E-state index is 6.32. The van der Waals surface area contributed by atoms with Gasteiger partial charge in [0.2, 0.25) is 0 Å². The van der Waals surface area contributed by atoms with Crippen LogP contribution in [0.2, 0.25) is 0 Å². The summed E-state index contributed by atoms with van der Waals surface area (Å²) in [5.41, 5.74) is 6.61. The lowest BCUT2D eigenvalue weighted by Gasteiger charge is -2.11. The maximum atomic E-state index is 6.32. The standard InChI is InChI=1S/C23H15NO/c1-2-8-18-17(7-1)19-9-3-4-11-22(19)25-23-15-16(12-13-20(18)23)21-10-5-6-14-24-21/h1-15H. The first-order valence-corrected chi connectivity index (χ1v) is 8.32. The average Bonchev–Trinajstić information content (AvgIpc) is 2.83. The quantitative estimate of drug-likeness (QED) is 0.367. The molecule has 118 valence electrons. The van der Waals surface area contributed by atoms with Gasteiger partial charge < -0.3 is 4.74 Å². The summed E-state index contributed by atoms with van der Waals surface area (Å²) in [7, 11) is 0. The molecular formula is C23H15NO. The van der Waals surface area contributed by atoms with Gasteiger partial charge in [-0.1, -0.05) is 54.6 Å². The Bertz CT molecular complexity index is 1070. The highest BCUT2D eigenvalue weighted by Crippen LogP contribution is 2.47. The minimum atomic E-state index is 0.862. The number of para-hydroxylation sites is 1. The molecule has 0 saturated heterocycles. The molecule has 0 spiro atoms. The summed E-state index contributed by atoms with van der Waals surface area (Å²) in [5.74, 6) is 1.74. The number of aromatic nitrogens is 1. The molecule has 0 saturated carbocycles. The fourth-order valence-corrected chi connectivity index (χ4v) is 3.37. The summed E-state index contributed by atoms with van der Waals surface area (Å²) in [4.78, 5) is 4.45. The molecule has 2 nitrogen and oxygen atoms in total. The maximum Gasteiger partial charge on any atom is 0.135 e. The molecule has 5 rings (SSSR count). The minimum absolute atomic E-state index is 0.862. The van der Waals surface area contributed by atoms with E-state index in [1.165, 1.54) is 11.1 Å². The van der Waals surface area contributed by atoms with Crippen molar-refractivity contribution in [2.24, 2.45) is 0 Å². The normalized spacial score (nSPS) is 11.5. The average molecular weight is 321 g/mol. The van der Waals surface area contributed by atoms with Crippen molar-refractivity contribution in [1.29, 1.82) is 0 Å². The van der Waals surface area contributed by atoms with Gasteiger partial charge in [-0.3, -0.25) is 4.98 Å². The highest BCUT2D eigenvalue weighted by Gasteiger charge is 2.20. The number of rotatable bonds is 1. The fraction of sp³-hybridized carbons (Fsp3) is 0. The molecule has 0 aliphatic carbocycles. The zero-order valence-corrected chi connectivity index (χ0v) is 13.5. The molecule has 0 amide bonds.